The van der Waals surface area contributed by atoms with E-state index in [9.17, 15) is 21.6 Å². The number of halogens is 3. The Hall–Kier alpha value is -1.20. The SMILES string of the molecule is O=S(=O)(N1CCCC1)N1CCn2c(nnc2C(F)(F)F)C1. The Kier molecular flexibility index (Phi) is 3.45. The summed E-state index contributed by atoms with van der Waals surface area (Å²) in [6, 6.07) is 0. The fraction of sp³-hybridized carbons (Fsp3) is 0.800. The molecule has 0 saturated carbocycles. The summed E-state index contributed by atoms with van der Waals surface area (Å²) < 4.78 is 66.4. The van der Waals surface area contributed by atoms with Crippen LogP contribution >= 0.6 is 0 Å². The van der Waals surface area contributed by atoms with E-state index >= 15 is 0 Å². The molecule has 2 aliphatic rings. The number of aromatic nitrogens is 3. The van der Waals surface area contributed by atoms with Crippen molar-refractivity contribution in [2.45, 2.75) is 32.1 Å². The molecule has 118 valence electrons. The summed E-state index contributed by atoms with van der Waals surface area (Å²) in [6.07, 6.45) is -2.97. The lowest BCUT2D eigenvalue weighted by molar-refractivity contribution is -0.147. The molecule has 1 fully saturated rings. The highest BCUT2D eigenvalue weighted by Gasteiger charge is 2.41. The standard InChI is InChI=1S/C10H14F3N5O2S/c11-10(12,13)9-15-14-8-7-17(5-6-18(8)9)21(19,20)16-3-1-2-4-16/h1-7H2. The van der Waals surface area contributed by atoms with Gasteiger partial charge in [-0.15, -0.1) is 10.2 Å². The third-order valence-corrected chi connectivity index (χ3v) is 5.67. The van der Waals surface area contributed by atoms with Crippen molar-refractivity contribution in [1.29, 1.82) is 0 Å². The summed E-state index contributed by atoms with van der Waals surface area (Å²) in [5, 5.41) is 6.62. The molecule has 0 aliphatic carbocycles. The minimum absolute atomic E-state index is 0.00699. The van der Waals surface area contributed by atoms with Gasteiger partial charge in [-0.05, 0) is 12.8 Å². The maximum Gasteiger partial charge on any atom is 0.451 e. The Morgan fingerprint density at radius 2 is 1.62 bits per heavy atom. The minimum Gasteiger partial charge on any atom is -0.305 e. The van der Waals surface area contributed by atoms with Crippen molar-refractivity contribution in [2.24, 2.45) is 0 Å². The molecule has 3 heterocycles. The minimum atomic E-state index is -4.58. The van der Waals surface area contributed by atoms with Gasteiger partial charge < -0.3 is 4.57 Å². The molecule has 2 aliphatic heterocycles. The van der Waals surface area contributed by atoms with Gasteiger partial charge in [0.1, 0.15) is 5.82 Å². The molecule has 0 spiro atoms. The topological polar surface area (TPSA) is 71.3 Å². The van der Waals surface area contributed by atoms with Crippen LogP contribution in [0.2, 0.25) is 0 Å². The van der Waals surface area contributed by atoms with Crippen molar-refractivity contribution in [1.82, 2.24) is 23.4 Å². The Bertz CT molecular complexity index is 636. The summed E-state index contributed by atoms with van der Waals surface area (Å²) in [4.78, 5) is 0. The van der Waals surface area contributed by atoms with Gasteiger partial charge in [-0.1, -0.05) is 0 Å². The normalized spacial score (nSPS) is 21.7. The molecule has 1 aromatic heterocycles. The smallest absolute Gasteiger partial charge is 0.305 e. The third-order valence-electron chi connectivity index (χ3n) is 3.69. The average Bonchev–Trinajstić information content (AvgIpc) is 3.06. The zero-order chi connectivity index (χ0) is 15.3. The molecular formula is C10H14F3N5O2S. The second-order valence-corrected chi connectivity index (χ2v) is 6.97. The molecule has 0 bridgehead atoms. The maximum atomic E-state index is 12.7. The molecule has 0 unspecified atom stereocenters. The van der Waals surface area contributed by atoms with Crippen molar-refractivity contribution in [3.05, 3.63) is 11.6 Å². The Morgan fingerprint density at radius 3 is 2.24 bits per heavy atom. The van der Waals surface area contributed by atoms with Gasteiger partial charge in [-0.25, -0.2) is 0 Å². The molecule has 1 saturated heterocycles. The number of nitrogens with zero attached hydrogens (tertiary/aromatic N) is 5. The second kappa shape index (κ2) is 4.92. The molecule has 0 aromatic carbocycles. The van der Waals surface area contributed by atoms with E-state index < -0.39 is 22.2 Å². The van der Waals surface area contributed by atoms with E-state index in [2.05, 4.69) is 10.2 Å². The van der Waals surface area contributed by atoms with Crippen LogP contribution in [0.25, 0.3) is 0 Å². The van der Waals surface area contributed by atoms with Crippen LogP contribution in [0.5, 0.6) is 0 Å². The molecule has 0 amide bonds. The van der Waals surface area contributed by atoms with Crippen molar-refractivity contribution in [2.75, 3.05) is 19.6 Å². The fourth-order valence-corrected chi connectivity index (χ4v) is 4.26. The van der Waals surface area contributed by atoms with E-state index in [1.165, 1.54) is 8.61 Å². The Morgan fingerprint density at radius 1 is 0.952 bits per heavy atom. The van der Waals surface area contributed by atoms with Crippen LogP contribution in [0.4, 0.5) is 13.2 Å². The van der Waals surface area contributed by atoms with Crippen molar-refractivity contribution in [3.8, 4) is 0 Å². The van der Waals surface area contributed by atoms with Crippen LogP contribution in [-0.2, 0) is 29.5 Å². The van der Waals surface area contributed by atoms with Gasteiger partial charge in [-0.2, -0.15) is 30.2 Å². The number of hydrogen-bond acceptors (Lipinski definition) is 4. The van der Waals surface area contributed by atoms with Crippen LogP contribution in [0.1, 0.15) is 24.5 Å². The van der Waals surface area contributed by atoms with Crippen molar-refractivity contribution in [3.63, 3.8) is 0 Å². The van der Waals surface area contributed by atoms with Gasteiger partial charge in [-0.3, -0.25) is 0 Å². The van der Waals surface area contributed by atoms with Gasteiger partial charge in [0.25, 0.3) is 10.2 Å². The highest BCUT2D eigenvalue weighted by molar-refractivity contribution is 7.86. The van der Waals surface area contributed by atoms with E-state index in [1.807, 2.05) is 0 Å². The predicted octanol–water partition coefficient (Wildman–Crippen LogP) is 0.453. The van der Waals surface area contributed by atoms with Gasteiger partial charge in [0.2, 0.25) is 5.82 Å². The largest absolute Gasteiger partial charge is 0.451 e. The van der Waals surface area contributed by atoms with Crippen molar-refractivity contribution >= 4 is 10.2 Å². The molecule has 1 aromatic rings. The van der Waals surface area contributed by atoms with Gasteiger partial charge in [0.15, 0.2) is 0 Å². The van der Waals surface area contributed by atoms with Crippen LogP contribution in [0, 0.1) is 0 Å². The molecule has 21 heavy (non-hydrogen) atoms. The second-order valence-electron chi connectivity index (χ2n) is 5.04. The number of hydrogen-bond donors (Lipinski definition) is 0. The van der Waals surface area contributed by atoms with E-state index in [1.54, 1.807) is 0 Å². The lowest BCUT2D eigenvalue weighted by atomic mass is 10.4. The third kappa shape index (κ3) is 2.53. The Labute approximate surface area is 119 Å². The van der Waals surface area contributed by atoms with Crippen LogP contribution < -0.4 is 0 Å². The predicted molar refractivity (Wildman–Crippen MR) is 65.2 cm³/mol. The van der Waals surface area contributed by atoms with E-state index in [0.29, 0.717) is 13.1 Å². The van der Waals surface area contributed by atoms with E-state index in [-0.39, 0.29) is 25.5 Å². The summed E-state index contributed by atoms with van der Waals surface area (Å²) >= 11 is 0. The number of rotatable bonds is 2. The number of alkyl halides is 3. The maximum absolute atomic E-state index is 12.7. The van der Waals surface area contributed by atoms with E-state index in [0.717, 1.165) is 17.4 Å². The molecule has 0 atom stereocenters. The first-order chi connectivity index (χ1) is 9.80. The highest BCUT2D eigenvalue weighted by Crippen LogP contribution is 2.30. The van der Waals surface area contributed by atoms with Crippen LogP contribution in [-0.4, -0.2) is 51.4 Å². The highest BCUT2D eigenvalue weighted by atomic mass is 32.2. The molecule has 3 rings (SSSR count). The Balaban J connectivity index is 1.84. The fourth-order valence-electron chi connectivity index (χ4n) is 2.62. The quantitative estimate of drug-likeness (QED) is 0.792. The molecule has 7 nitrogen and oxygen atoms in total. The van der Waals surface area contributed by atoms with Gasteiger partial charge in [0.05, 0.1) is 6.54 Å². The van der Waals surface area contributed by atoms with Crippen molar-refractivity contribution < 1.29 is 21.6 Å². The molecular weight excluding hydrogens is 311 g/mol. The summed E-state index contributed by atoms with van der Waals surface area (Å²) in [5.74, 6) is -1.05. The monoisotopic (exact) mass is 325 g/mol. The van der Waals surface area contributed by atoms with E-state index in [4.69, 9.17) is 0 Å². The lowest BCUT2D eigenvalue weighted by Gasteiger charge is -2.30. The molecule has 0 N–H and O–H groups in total. The zero-order valence-electron chi connectivity index (χ0n) is 11.0. The molecule has 0 radical (unpaired) electrons. The van der Waals surface area contributed by atoms with Crippen LogP contribution in [0.3, 0.4) is 0 Å². The van der Waals surface area contributed by atoms with Gasteiger partial charge >= 0.3 is 6.18 Å². The van der Waals surface area contributed by atoms with Crippen LogP contribution in [0.15, 0.2) is 0 Å². The first-order valence-corrected chi connectivity index (χ1v) is 7.94. The first-order valence-electron chi connectivity index (χ1n) is 6.54. The van der Waals surface area contributed by atoms with Gasteiger partial charge in [0, 0.05) is 26.2 Å². The summed E-state index contributed by atoms with van der Waals surface area (Å²) in [5.41, 5.74) is 0. The summed E-state index contributed by atoms with van der Waals surface area (Å²) in [6.45, 7) is 0.637. The first kappa shape index (κ1) is 14.7. The zero-order valence-corrected chi connectivity index (χ0v) is 11.9. The molecule has 11 heteroatoms. The summed E-state index contributed by atoms with van der Waals surface area (Å²) in [7, 11) is -3.63. The lowest BCUT2D eigenvalue weighted by Crippen LogP contribution is -2.46. The average molecular weight is 325 g/mol. The number of fused-ring (bicyclic) bond motifs is 1.